The van der Waals surface area contributed by atoms with E-state index in [9.17, 15) is 19.2 Å². The summed E-state index contributed by atoms with van der Waals surface area (Å²) in [5.41, 5.74) is 5.32. The van der Waals surface area contributed by atoms with Gasteiger partial charge in [-0.3, -0.25) is 19.2 Å². The van der Waals surface area contributed by atoms with E-state index in [1.807, 2.05) is 72.8 Å². The van der Waals surface area contributed by atoms with Crippen LogP contribution in [0.2, 0.25) is 0 Å². The Balaban J connectivity index is 0.00000324. The summed E-state index contributed by atoms with van der Waals surface area (Å²) in [5.74, 6) is 0. The van der Waals surface area contributed by atoms with Crippen molar-refractivity contribution in [1.82, 2.24) is 0 Å². The van der Waals surface area contributed by atoms with Crippen molar-refractivity contribution in [1.29, 1.82) is 0 Å². The smallest absolute Gasteiger partial charge is 0.298 e. The van der Waals surface area contributed by atoms with E-state index in [1.54, 1.807) is 24.3 Å². The Kier molecular flexibility index (Phi) is 8.29. The molecule has 4 nitrogen and oxygen atoms in total. The molecule has 0 amide bonds. The fourth-order valence-electron chi connectivity index (χ4n) is 4.76. The molecule has 0 atom stereocenters. The van der Waals surface area contributed by atoms with Gasteiger partial charge in [-0.2, -0.15) is 21.9 Å². The van der Waals surface area contributed by atoms with Gasteiger partial charge in [0, 0.05) is 22.3 Å². The molecule has 4 rings (SSSR count). The molecule has 0 unspecified atom stereocenters. The first-order valence-corrected chi connectivity index (χ1v) is 10.5. The van der Waals surface area contributed by atoms with Crippen LogP contribution in [0.3, 0.4) is 0 Å². The van der Waals surface area contributed by atoms with Gasteiger partial charge in [-0.05, 0) is 0 Å². The maximum absolute atomic E-state index is 11.7. The standard InChI is InChI=1S/C28H20BO4.Na/c30-17-21-5-1-9-25(13-21)29(26-10-2-6-22(14-26)18-31,27-11-3-7-23(15-27)19-32)28-12-4-8-24(16-28)20-33;/h1-20H;/q-1;+1. The van der Waals surface area contributed by atoms with Gasteiger partial charge in [0.2, 0.25) is 0 Å². The molecule has 0 fully saturated rings. The summed E-state index contributed by atoms with van der Waals surface area (Å²) in [6, 6.07) is 29.2. The summed E-state index contributed by atoms with van der Waals surface area (Å²) in [6.07, 6.45) is 1.19. The topological polar surface area (TPSA) is 68.3 Å². The summed E-state index contributed by atoms with van der Waals surface area (Å²) in [7, 11) is 0. The number of aldehydes is 4. The van der Waals surface area contributed by atoms with Gasteiger partial charge in [0.05, 0.1) is 0 Å². The molecule has 0 aromatic heterocycles. The number of rotatable bonds is 8. The third-order valence-electron chi connectivity index (χ3n) is 6.19. The van der Waals surface area contributed by atoms with Crippen LogP contribution in [0.5, 0.6) is 0 Å². The molecular formula is C28H20BNaO4. The molecular weight excluding hydrogens is 434 g/mol. The molecule has 0 radical (unpaired) electrons. The van der Waals surface area contributed by atoms with E-state index in [-0.39, 0.29) is 29.6 Å². The Morgan fingerprint density at radius 1 is 0.412 bits per heavy atom. The van der Waals surface area contributed by atoms with E-state index in [0.717, 1.165) is 47.0 Å². The minimum atomic E-state index is -1.96. The number of carbonyl (C=O) groups is 4. The van der Waals surface area contributed by atoms with Crippen molar-refractivity contribution >= 4 is 53.1 Å². The first-order valence-electron chi connectivity index (χ1n) is 10.5. The van der Waals surface area contributed by atoms with Crippen LogP contribution in [0.1, 0.15) is 41.4 Å². The van der Waals surface area contributed by atoms with Crippen molar-refractivity contribution < 1.29 is 48.7 Å². The van der Waals surface area contributed by atoms with Gasteiger partial charge in [-0.1, -0.05) is 97.1 Å². The number of hydrogen-bond donors (Lipinski definition) is 0. The average molecular weight is 454 g/mol. The molecule has 0 saturated carbocycles. The zero-order chi connectivity index (χ0) is 23.3. The Labute approximate surface area is 220 Å². The maximum atomic E-state index is 11.7. The van der Waals surface area contributed by atoms with E-state index >= 15 is 0 Å². The minimum absolute atomic E-state index is 0. The summed E-state index contributed by atoms with van der Waals surface area (Å²) in [6.45, 7) is 0. The molecule has 160 valence electrons. The minimum Gasteiger partial charge on any atom is -0.298 e. The first kappa shape index (κ1) is 25.3. The molecule has 0 aliphatic heterocycles. The summed E-state index contributed by atoms with van der Waals surface area (Å²) < 4.78 is 0. The number of benzene rings is 4. The van der Waals surface area contributed by atoms with Crippen molar-refractivity contribution in [3.05, 3.63) is 119 Å². The fraction of sp³-hybridized carbons (Fsp3) is 0. The van der Waals surface area contributed by atoms with E-state index in [4.69, 9.17) is 0 Å². The molecule has 0 N–H and O–H groups in total. The predicted octanol–water partition coefficient (Wildman–Crippen LogP) is -0.682. The summed E-state index contributed by atoms with van der Waals surface area (Å²) >= 11 is 0. The van der Waals surface area contributed by atoms with Crippen LogP contribution in [-0.4, -0.2) is 31.3 Å². The number of carbonyl (C=O) groups excluding carboxylic acids is 4. The quantitative estimate of drug-likeness (QED) is 0.262. The molecule has 4 aromatic carbocycles. The van der Waals surface area contributed by atoms with Gasteiger partial charge in [0.25, 0.3) is 0 Å². The van der Waals surface area contributed by atoms with Crippen LogP contribution in [0, 0.1) is 0 Å². The van der Waals surface area contributed by atoms with Crippen LogP contribution < -0.4 is 51.4 Å². The van der Waals surface area contributed by atoms with Gasteiger partial charge in [0.15, 0.2) is 0 Å². The second-order valence-electron chi connectivity index (χ2n) is 8.02. The third kappa shape index (κ3) is 4.64. The van der Waals surface area contributed by atoms with Crippen molar-refractivity contribution in [2.24, 2.45) is 0 Å². The zero-order valence-corrected chi connectivity index (χ0v) is 20.8. The zero-order valence-electron chi connectivity index (χ0n) is 18.8. The monoisotopic (exact) mass is 454 g/mol. The molecule has 0 bridgehead atoms. The molecule has 0 saturated heterocycles. The van der Waals surface area contributed by atoms with Gasteiger partial charge in [0.1, 0.15) is 31.3 Å². The Morgan fingerprint density at radius 2 is 0.647 bits per heavy atom. The average Bonchev–Trinajstić information content (AvgIpc) is 2.89. The Bertz CT molecular complexity index is 1150. The van der Waals surface area contributed by atoms with Gasteiger partial charge in [-0.25, -0.2) is 0 Å². The summed E-state index contributed by atoms with van der Waals surface area (Å²) in [5, 5.41) is 0. The maximum Gasteiger partial charge on any atom is 1.00 e. The van der Waals surface area contributed by atoms with E-state index < -0.39 is 6.15 Å². The molecule has 0 aliphatic rings. The second-order valence-corrected chi connectivity index (χ2v) is 8.02. The SMILES string of the molecule is O=Cc1cccc([B-](c2cccc(C=O)c2)(c2cccc(C=O)c2)c2cccc(C=O)c2)c1.[Na+]. The second kappa shape index (κ2) is 11.2. The molecule has 0 aliphatic carbocycles. The molecule has 4 aromatic rings. The Morgan fingerprint density at radius 3 is 0.853 bits per heavy atom. The van der Waals surface area contributed by atoms with Crippen LogP contribution in [0.25, 0.3) is 0 Å². The van der Waals surface area contributed by atoms with E-state index in [1.165, 1.54) is 0 Å². The normalized spacial score (nSPS) is 10.6. The van der Waals surface area contributed by atoms with Crippen molar-refractivity contribution in [3.63, 3.8) is 0 Å². The van der Waals surface area contributed by atoms with E-state index in [0.29, 0.717) is 22.3 Å². The largest absolute Gasteiger partial charge is 1.00 e. The van der Waals surface area contributed by atoms with Crippen molar-refractivity contribution in [3.8, 4) is 0 Å². The van der Waals surface area contributed by atoms with Gasteiger partial charge >= 0.3 is 29.6 Å². The van der Waals surface area contributed by atoms with E-state index in [2.05, 4.69) is 0 Å². The van der Waals surface area contributed by atoms with Gasteiger partial charge in [-0.15, -0.1) is 0 Å². The van der Waals surface area contributed by atoms with Crippen LogP contribution in [0.4, 0.5) is 0 Å². The molecule has 0 spiro atoms. The molecule has 6 heteroatoms. The fourth-order valence-corrected chi connectivity index (χ4v) is 4.76. The summed E-state index contributed by atoms with van der Waals surface area (Å²) in [4.78, 5) is 46.7. The first-order chi connectivity index (χ1) is 16.1. The van der Waals surface area contributed by atoms with Gasteiger partial charge < -0.3 is 0 Å². The molecule has 0 heterocycles. The van der Waals surface area contributed by atoms with Crippen molar-refractivity contribution in [2.75, 3.05) is 0 Å². The third-order valence-corrected chi connectivity index (χ3v) is 6.19. The Hall–Kier alpha value is -3.38. The predicted molar refractivity (Wildman–Crippen MR) is 132 cm³/mol. The van der Waals surface area contributed by atoms with Crippen LogP contribution in [0.15, 0.2) is 97.1 Å². The van der Waals surface area contributed by atoms with Crippen molar-refractivity contribution in [2.45, 2.75) is 0 Å². The number of hydrogen-bond acceptors (Lipinski definition) is 4. The van der Waals surface area contributed by atoms with Crippen LogP contribution in [-0.2, 0) is 0 Å². The molecule has 34 heavy (non-hydrogen) atoms. The van der Waals surface area contributed by atoms with Crippen LogP contribution >= 0.6 is 0 Å².